The van der Waals surface area contributed by atoms with E-state index in [4.69, 9.17) is 5.10 Å². The second-order valence-corrected chi connectivity index (χ2v) is 7.51. The molecule has 29 heavy (non-hydrogen) atoms. The Kier molecular flexibility index (Phi) is 4.49. The maximum atomic E-state index is 5.02. The number of hydrazone groups is 1. The summed E-state index contributed by atoms with van der Waals surface area (Å²) in [7, 11) is 0. The molecule has 0 spiro atoms. The highest BCUT2D eigenvalue weighted by molar-refractivity contribution is 6.14. The maximum absolute atomic E-state index is 5.02. The van der Waals surface area contributed by atoms with Gasteiger partial charge in [-0.3, -0.25) is 5.01 Å². The molecule has 0 radical (unpaired) electrons. The number of hydrogen-bond donors (Lipinski definition) is 0. The van der Waals surface area contributed by atoms with Crippen molar-refractivity contribution in [3.63, 3.8) is 0 Å². The van der Waals surface area contributed by atoms with Crippen LogP contribution < -0.4 is 4.90 Å². The highest BCUT2D eigenvalue weighted by Gasteiger charge is 2.26. The first kappa shape index (κ1) is 17.5. The van der Waals surface area contributed by atoms with E-state index in [-0.39, 0.29) is 0 Å². The lowest BCUT2D eigenvalue weighted by Crippen LogP contribution is -2.31. The predicted octanol–water partition coefficient (Wildman–Crippen LogP) is 5.79. The molecule has 0 amide bonds. The van der Waals surface area contributed by atoms with E-state index in [1.165, 1.54) is 27.6 Å². The average Bonchev–Trinajstić information content (AvgIpc) is 3.18. The summed E-state index contributed by atoms with van der Waals surface area (Å²) in [6, 6.07) is 34.1. The fraction of sp³-hybridized carbons (Fsp3) is 0.115. The van der Waals surface area contributed by atoms with E-state index >= 15 is 0 Å². The molecule has 0 saturated heterocycles. The molecule has 0 aliphatic carbocycles. The first-order valence-corrected chi connectivity index (χ1v) is 9.98. The molecule has 1 aliphatic heterocycles. The monoisotopic (exact) mass is 377 g/mol. The number of aryl methyl sites for hydroxylation is 1. The number of rotatable bonds is 4. The van der Waals surface area contributed by atoms with E-state index in [1.807, 2.05) is 6.07 Å². The largest absolute Gasteiger partial charge is 0.304 e. The summed E-state index contributed by atoms with van der Waals surface area (Å²) in [5.74, 6) is 0.996. The summed E-state index contributed by atoms with van der Waals surface area (Å²) >= 11 is 0. The van der Waals surface area contributed by atoms with Gasteiger partial charge in [-0.15, -0.1) is 0 Å². The number of nitrogens with zero attached hydrogens (tertiary/aromatic N) is 3. The second-order valence-electron chi connectivity index (χ2n) is 7.51. The molecule has 142 valence electrons. The van der Waals surface area contributed by atoms with Crippen molar-refractivity contribution in [1.82, 2.24) is 5.01 Å². The number of amidine groups is 1. The Balaban J connectivity index is 1.58. The van der Waals surface area contributed by atoms with E-state index in [9.17, 15) is 0 Å². The predicted molar refractivity (Wildman–Crippen MR) is 121 cm³/mol. The van der Waals surface area contributed by atoms with Crippen LogP contribution in [0.4, 0.5) is 5.69 Å². The number of hydrogen-bond acceptors (Lipinski definition) is 3. The van der Waals surface area contributed by atoms with Crippen LogP contribution in [-0.2, 0) is 6.54 Å². The van der Waals surface area contributed by atoms with Crippen molar-refractivity contribution in [1.29, 1.82) is 0 Å². The second kappa shape index (κ2) is 7.44. The van der Waals surface area contributed by atoms with Gasteiger partial charge in [0.05, 0.1) is 12.2 Å². The molecule has 4 aromatic carbocycles. The fourth-order valence-corrected chi connectivity index (χ4v) is 3.93. The summed E-state index contributed by atoms with van der Waals surface area (Å²) in [6.07, 6.45) is 0. The lowest BCUT2D eigenvalue weighted by Gasteiger charge is -2.23. The van der Waals surface area contributed by atoms with Gasteiger partial charge >= 0.3 is 0 Å². The van der Waals surface area contributed by atoms with Gasteiger partial charge in [0.1, 0.15) is 6.67 Å². The Morgan fingerprint density at radius 3 is 2.34 bits per heavy atom. The van der Waals surface area contributed by atoms with Gasteiger partial charge in [0.2, 0.25) is 0 Å². The molecule has 4 aromatic rings. The van der Waals surface area contributed by atoms with E-state index < -0.39 is 0 Å². The van der Waals surface area contributed by atoms with Gasteiger partial charge in [-0.25, -0.2) is 0 Å². The van der Waals surface area contributed by atoms with Gasteiger partial charge in [-0.2, -0.15) is 5.10 Å². The van der Waals surface area contributed by atoms with Crippen molar-refractivity contribution in [2.24, 2.45) is 5.10 Å². The van der Waals surface area contributed by atoms with E-state index in [2.05, 4.69) is 108 Å². The van der Waals surface area contributed by atoms with E-state index in [1.54, 1.807) is 0 Å². The third kappa shape index (κ3) is 3.47. The van der Waals surface area contributed by atoms with Crippen LogP contribution in [0.2, 0.25) is 0 Å². The zero-order valence-corrected chi connectivity index (χ0v) is 16.5. The summed E-state index contributed by atoms with van der Waals surface area (Å²) in [5.41, 5.74) is 4.86. The van der Waals surface area contributed by atoms with Crippen molar-refractivity contribution in [3.05, 3.63) is 114 Å². The minimum absolute atomic E-state index is 0.728. The first-order chi connectivity index (χ1) is 14.3. The summed E-state index contributed by atoms with van der Waals surface area (Å²) in [6.45, 7) is 3.66. The molecule has 0 fully saturated rings. The smallest absolute Gasteiger partial charge is 0.162 e. The molecule has 0 bridgehead atoms. The number of fused-ring (bicyclic) bond motifs is 1. The van der Waals surface area contributed by atoms with Crippen LogP contribution in [0, 0.1) is 6.92 Å². The molecule has 1 heterocycles. The van der Waals surface area contributed by atoms with E-state index in [0.29, 0.717) is 0 Å². The van der Waals surface area contributed by atoms with Gasteiger partial charge < -0.3 is 4.90 Å². The SMILES string of the molecule is Cc1ccc2cccc(N3CN(Cc4ccccc4)N=C3c3ccccc3)c2c1. The molecular formula is C26H23N3. The maximum Gasteiger partial charge on any atom is 0.162 e. The molecule has 0 aromatic heterocycles. The molecule has 0 N–H and O–H groups in total. The van der Waals surface area contributed by atoms with Crippen LogP contribution >= 0.6 is 0 Å². The van der Waals surface area contributed by atoms with Crippen molar-refractivity contribution in [2.45, 2.75) is 13.5 Å². The highest BCUT2D eigenvalue weighted by Crippen LogP contribution is 2.31. The van der Waals surface area contributed by atoms with Crippen LogP contribution in [0.3, 0.4) is 0 Å². The topological polar surface area (TPSA) is 18.8 Å². The first-order valence-electron chi connectivity index (χ1n) is 9.98. The normalized spacial score (nSPS) is 13.8. The van der Waals surface area contributed by atoms with Crippen LogP contribution in [-0.4, -0.2) is 17.5 Å². The van der Waals surface area contributed by atoms with Crippen LogP contribution in [0.25, 0.3) is 10.8 Å². The molecule has 3 nitrogen and oxygen atoms in total. The zero-order valence-electron chi connectivity index (χ0n) is 16.5. The minimum atomic E-state index is 0.728. The standard InChI is InChI=1S/C26H23N3/c1-20-15-16-22-13-8-14-25(24(22)17-20)29-19-28(18-21-9-4-2-5-10-21)27-26(29)23-11-6-3-7-12-23/h2-17H,18-19H2,1H3. The lowest BCUT2D eigenvalue weighted by molar-refractivity contribution is 0.310. The minimum Gasteiger partial charge on any atom is -0.304 e. The third-order valence-corrected chi connectivity index (χ3v) is 5.34. The van der Waals surface area contributed by atoms with Crippen LogP contribution in [0.15, 0.2) is 102 Å². The Morgan fingerprint density at radius 1 is 0.793 bits per heavy atom. The molecule has 0 unspecified atom stereocenters. The molecule has 1 aliphatic rings. The Morgan fingerprint density at radius 2 is 1.55 bits per heavy atom. The number of benzene rings is 4. The van der Waals surface area contributed by atoms with Crippen LogP contribution in [0.5, 0.6) is 0 Å². The van der Waals surface area contributed by atoms with Gasteiger partial charge in [-0.05, 0) is 30.0 Å². The third-order valence-electron chi connectivity index (χ3n) is 5.34. The Bertz CT molecular complexity index is 1170. The Hall–Kier alpha value is -3.59. The molecule has 5 rings (SSSR count). The lowest BCUT2D eigenvalue weighted by atomic mass is 10.0. The van der Waals surface area contributed by atoms with Crippen LogP contribution in [0.1, 0.15) is 16.7 Å². The average molecular weight is 377 g/mol. The molecule has 3 heteroatoms. The molecule has 0 saturated carbocycles. The molecular weight excluding hydrogens is 354 g/mol. The van der Waals surface area contributed by atoms with Gasteiger partial charge in [0.15, 0.2) is 5.84 Å². The summed E-state index contributed by atoms with van der Waals surface area (Å²) in [5, 5.41) is 9.68. The van der Waals surface area contributed by atoms with Crippen molar-refractivity contribution < 1.29 is 0 Å². The van der Waals surface area contributed by atoms with Gasteiger partial charge in [0, 0.05) is 10.9 Å². The quantitative estimate of drug-likeness (QED) is 0.448. The van der Waals surface area contributed by atoms with Gasteiger partial charge in [-0.1, -0.05) is 90.5 Å². The van der Waals surface area contributed by atoms with Gasteiger partial charge in [0.25, 0.3) is 0 Å². The number of anilines is 1. The molecule has 0 atom stereocenters. The summed E-state index contributed by atoms with van der Waals surface area (Å²) in [4.78, 5) is 2.33. The fourth-order valence-electron chi connectivity index (χ4n) is 3.93. The van der Waals surface area contributed by atoms with Crippen molar-refractivity contribution >= 4 is 22.3 Å². The van der Waals surface area contributed by atoms with Crippen molar-refractivity contribution in [2.75, 3.05) is 11.6 Å². The Labute approximate surface area is 171 Å². The van der Waals surface area contributed by atoms with E-state index in [0.717, 1.165) is 24.6 Å². The zero-order chi connectivity index (χ0) is 19.6. The van der Waals surface area contributed by atoms with Crippen molar-refractivity contribution in [3.8, 4) is 0 Å². The highest BCUT2D eigenvalue weighted by atomic mass is 15.6. The summed E-state index contributed by atoms with van der Waals surface area (Å²) < 4.78 is 0.